The zero-order valence-corrected chi connectivity index (χ0v) is 19.0. The molecule has 0 spiro atoms. The highest BCUT2D eigenvalue weighted by molar-refractivity contribution is 7.49. The van der Waals surface area contributed by atoms with Crippen molar-refractivity contribution >= 4 is 7.82 Å². The molecule has 3 aromatic rings. The van der Waals surface area contributed by atoms with Crippen LogP contribution in [-0.2, 0) is 4.57 Å². The van der Waals surface area contributed by atoms with Gasteiger partial charge in [-0.15, -0.1) is 39.5 Å². The van der Waals surface area contributed by atoms with Crippen LogP contribution in [0.3, 0.4) is 0 Å². The smallest absolute Gasteiger partial charge is 0.406 e. The molecule has 3 rings (SSSR count). The van der Waals surface area contributed by atoms with Crippen LogP contribution in [0.25, 0.3) is 0 Å². The molecule has 7 nitrogen and oxygen atoms in total. The molecule has 0 aliphatic heterocycles. The van der Waals surface area contributed by atoms with Gasteiger partial charge in [-0.1, -0.05) is 0 Å². The van der Waals surface area contributed by atoms with Crippen molar-refractivity contribution < 1.29 is 71.9 Å². The van der Waals surface area contributed by atoms with Gasteiger partial charge in [0, 0.05) is 0 Å². The molecular weight excluding hydrogens is 566 g/mol. The molecule has 206 valence electrons. The minimum absolute atomic E-state index is 0.364. The Morgan fingerprint density at radius 3 is 0.763 bits per heavy atom. The van der Waals surface area contributed by atoms with E-state index in [2.05, 4.69) is 14.2 Å². The van der Waals surface area contributed by atoms with E-state index in [1.165, 1.54) is 0 Å². The maximum atomic E-state index is 13.4. The van der Waals surface area contributed by atoms with Gasteiger partial charge in [0.2, 0.25) is 0 Å². The maximum absolute atomic E-state index is 13.4. The molecule has 0 bridgehead atoms. The number of hydrogen-bond acceptors (Lipinski definition) is 7. The Labute approximate surface area is 206 Å². The van der Waals surface area contributed by atoms with Crippen molar-refractivity contribution in [3.8, 4) is 34.5 Å². The van der Waals surface area contributed by atoms with Crippen LogP contribution in [0.15, 0.2) is 72.8 Å². The van der Waals surface area contributed by atoms with Crippen molar-refractivity contribution in [2.24, 2.45) is 0 Å². The molecule has 0 aliphatic carbocycles. The number of rotatable bonds is 9. The fraction of sp³-hybridized carbons (Fsp3) is 0.143. The Morgan fingerprint density at radius 1 is 0.395 bits per heavy atom. The van der Waals surface area contributed by atoms with Crippen molar-refractivity contribution in [3.05, 3.63) is 72.8 Å². The lowest BCUT2D eigenvalue weighted by Gasteiger charge is -2.20. The first kappa shape index (κ1) is 28.6. The minimum atomic E-state index is -4.99. The van der Waals surface area contributed by atoms with Crippen LogP contribution in [0.2, 0.25) is 0 Å². The summed E-state index contributed by atoms with van der Waals surface area (Å²) in [6.07, 6.45) is -15.0. The zero-order valence-electron chi connectivity index (χ0n) is 18.1. The van der Waals surface area contributed by atoms with Gasteiger partial charge in [-0.25, -0.2) is 0 Å². The molecule has 38 heavy (non-hydrogen) atoms. The van der Waals surface area contributed by atoms with Crippen LogP contribution in [0.4, 0.5) is 39.5 Å². The first-order valence-electron chi connectivity index (χ1n) is 9.73. The highest BCUT2D eigenvalue weighted by Gasteiger charge is 2.35. The quantitative estimate of drug-likeness (QED) is 0.188. The van der Waals surface area contributed by atoms with E-state index in [4.69, 9.17) is 13.6 Å². The van der Waals surface area contributed by atoms with Gasteiger partial charge in [0.25, 0.3) is 0 Å². The topological polar surface area (TPSA) is 72.5 Å². The summed E-state index contributed by atoms with van der Waals surface area (Å²) in [6.45, 7) is 0. The number of halogens is 9. The second kappa shape index (κ2) is 10.8. The van der Waals surface area contributed by atoms with Crippen molar-refractivity contribution in [3.63, 3.8) is 0 Å². The zero-order chi connectivity index (χ0) is 28.2. The predicted molar refractivity (Wildman–Crippen MR) is 109 cm³/mol. The van der Waals surface area contributed by atoms with Gasteiger partial charge in [-0.2, -0.15) is 4.57 Å². The lowest BCUT2D eigenvalue weighted by molar-refractivity contribution is -0.275. The Morgan fingerprint density at radius 2 is 0.579 bits per heavy atom. The van der Waals surface area contributed by atoms with Crippen LogP contribution in [0.1, 0.15) is 0 Å². The Bertz CT molecular complexity index is 1090. The normalized spacial score (nSPS) is 12.4. The molecule has 0 heterocycles. The van der Waals surface area contributed by atoms with E-state index in [1.807, 2.05) is 0 Å². The molecule has 17 heteroatoms. The summed E-state index contributed by atoms with van der Waals surface area (Å²) in [5.41, 5.74) is 0. The third-order valence-corrected chi connectivity index (χ3v) is 5.13. The maximum Gasteiger partial charge on any atom is 0.647 e. The molecule has 0 aromatic heterocycles. The summed E-state index contributed by atoms with van der Waals surface area (Å²) in [7, 11) is -4.84. The van der Waals surface area contributed by atoms with Crippen molar-refractivity contribution in [1.29, 1.82) is 0 Å². The Kier molecular flexibility index (Phi) is 8.15. The Balaban J connectivity index is 1.83. The van der Waals surface area contributed by atoms with Crippen LogP contribution in [0, 0.1) is 0 Å². The number of phosphoric ester groups is 1. The second-order valence-electron chi connectivity index (χ2n) is 6.78. The van der Waals surface area contributed by atoms with Crippen molar-refractivity contribution in [2.45, 2.75) is 19.1 Å². The molecule has 3 aromatic carbocycles. The average molecular weight is 578 g/mol. The molecular formula is C21H12F9O7P. The van der Waals surface area contributed by atoms with Crippen molar-refractivity contribution in [2.75, 3.05) is 0 Å². The van der Waals surface area contributed by atoms with E-state index in [0.29, 0.717) is 0 Å². The molecule has 0 fully saturated rings. The molecule has 0 saturated carbocycles. The minimum Gasteiger partial charge on any atom is -0.406 e. The van der Waals surface area contributed by atoms with E-state index in [9.17, 15) is 44.1 Å². The van der Waals surface area contributed by atoms with Gasteiger partial charge in [0.15, 0.2) is 0 Å². The van der Waals surface area contributed by atoms with Crippen LogP contribution >= 0.6 is 7.82 Å². The molecule has 0 saturated heterocycles. The summed E-state index contributed by atoms with van der Waals surface area (Å²) in [5, 5.41) is 0. The number of ether oxygens (including phenoxy) is 3. The fourth-order valence-corrected chi connectivity index (χ4v) is 3.80. The highest BCUT2D eigenvalue weighted by Crippen LogP contribution is 2.50. The third kappa shape index (κ3) is 9.84. The van der Waals surface area contributed by atoms with Crippen molar-refractivity contribution in [1.82, 2.24) is 0 Å². The van der Waals surface area contributed by atoms with Crippen LogP contribution in [0.5, 0.6) is 34.5 Å². The van der Waals surface area contributed by atoms with E-state index in [-0.39, 0.29) is 17.2 Å². The van der Waals surface area contributed by atoms with Gasteiger partial charge in [0.1, 0.15) is 34.5 Å². The van der Waals surface area contributed by atoms with Gasteiger partial charge >= 0.3 is 26.9 Å². The standard InChI is InChI=1S/C21H12F9O7P/c22-19(23,24)32-13-1-7-16(8-2-13)35-38(31,36-17-9-3-14(4-10-17)33-20(25,26)27)37-18-11-5-15(6-12-18)34-21(28,29)30/h1-12H. The number of hydrogen-bond donors (Lipinski definition) is 0. The first-order valence-corrected chi connectivity index (χ1v) is 11.2. The molecule has 0 amide bonds. The molecule has 0 N–H and O–H groups in total. The fourth-order valence-electron chi connectivity index (χ4n) is 2.55. The van der Waals surface area contributed by atoms with E-state index in [0.717, 1.165) is 72.8 Å². The number of benzene rings is 3. The summed E-state index contributed by atoms with van der Waals surface area (Å²) < 4.78 is 151. The van der Waals surface area contributed by atoms with Crippen LogP contribution in [-0.4, -0.2) is 19.1 Å². The molecule has 0 radical (unpaired) electrons. The lowest BCUT2D eigenvalue weighted by Crippen LogP contribution is -2.17. The SMILES string of the molecule is O=P(Oc1ccc(OC(F)(F)F)cc1)(Oc1ccc(OC(F)(F)F)cc1)Oc1ccc(OC(F)(F)F)cc1. The van der Waals surface area contributed by atoms with E-state index < -0.39 is 44.2 Å². The summed E-state index contributed by atoms with van der Waals surface area (Å²) in [4.78, 5) is 0. The second-order valence-corrected chi connectivity index (χ2v) is 8.22. The lowest BCUT2D eigenvalue weighted by atomic mass is 10.3. The monoisotopic (exact) mass is 578 g/mol. The van der Waals surface area contributed by atoms with Gasteiger partial charge in [-0.05, 0) is 72.8 Å². The number of alkyl halides is 9. The average Bonchev–Trinajstić information content (AvgIpc) is 2.75. The van der Waals surface area contributed by atoms with E-state index in [1.54, 1.807) is 0 Å². The van der Waals surface area contributed by atoms with Gasteiger partial charge < -0.3 is 27.8 Å². The van der Waals surface area contributed by atoms with E-state index >= 15 is 0 Å². The molecule has 0 aliphatic rings. The van der Waals surface area contributed by atoms with Gasteiger partial charge in [0.05, 0.1) is 0 Å². The van der Waals surface area contributed by atoms with Crippen LogP contribution < -0.4 is 27.8 Å². The van der Waals surface area contributed by atoms with Gasteiger partial charge in [-0.3, -0.25) is 0 Å². The summed E-state index contributed by atoms with van der Waals surface area (Å²) in [5.74, 6) is -3.04. The predicted octanol–water partition coefficient (Wildman–Crippen LogP) is 8.03. The molecule has 0 atom stereocenters. The Hall–Kier alpha value is -3.94. The first-order chi connectivity index (χ1) is 17.5. The summed E-state index contributed by atoms with van der Waals surface area (Å²) >= 11 is 0. The molecule has 0 unspecified atom stereocenters. The summed E-state index contributed by atoms with van der Waals surface area (Å²) in [6, 6.07) is 10.3. The largest absolute Gasteiger partial charge is 0.647 e. The number of phosphoric acid groups is 1. The highest BCUT2D eigenvalue weighted by atomic mass is 31.2. The third-order valence-electron chi connectivity index (χ3n) is 3.82.